The van der Waals surface area contributed by atoms with Crippen molar-refractivity contribution in [1.29, 1.82) is 0 Å². The van der Waals surface area contributed by atoms with Crippen LogP contribution < -0.4 is 0 Å². The Hall–Kier alpha value is -4.68. The molecule has 70 heavy (non-hydrogen) atoms. The molecule has 0 spiro atoms. The minimum Gasteiger partial charge on any atom is -0.0683 e. The molecule has 0 aliphatic heterocycles. The maximum absolute atomic E-state index is 2.22. The number of benzene rings is 6. The molecule has 0 aliphatic carbocycles. The lowest BCUT2D eigenvalue weighted by atomic mass is 10.0. The molecule has 0 heteroatoms. The number of rotatable bonds is 11. The fourth-order valence-electron chi connectivity index (χ4n) is 4.73. The molecule has 0 nitrogen and oxygen atoms in total. The molecule has 0 aromatic heterocycles. The Kier molecular flexibility index (Phi) is 92.2. The minimum atomic E-state index is 0.884. The summed E-state index contributed by atoms with van der Waals surface area (Å²) in [4.78, 5) is 0. The maximum Gasteiger partial charge on any atom is -0.0238 e. The Morgan fingerprint density at radius 3 is 0.357 bits per heavy atom. The summed E-state index contributed by atoms with van der Waals surface area (Å²) >= 11 is 0. The average Bonchev–Trinajstić information content (AvgIpc) is 3.48. The Bertz CT molecular complexity index is 1280. The van der Waals surface area contributed by atoms with Gasteiger partial charge in [0.1, 0.15) is 0 Å². The third kappa shape index (κ3) is 63.3. The second kappa shape index (κ2) is 78.5. The van der Waals surface area contributed by atoms with Gasteiger partial charge in [-0.15, -0.1) is 0 Å². The van der Waals surface area contributed by atoms with Gasteiger partial charge in [-0.05, 0) is 83.7 Å². The van der Waals surface area contributed by atoms with Crippen LogP contribution >= 0.6 is 0 Å². The van der Waals surface area contributed by atoms with Gasteiger partial charge in [-0.1, -0.05) is 361 Å². The van der Waals surface area contributed by atoms with E-state index in [9.17, 15) is 0 Å². The van der Waals surface area contributed by atoms with Crippen molar-refractivity contribution < 1.29 is 0 Å². The Morgan fingerprint density at radius 1 is 0.200 bits per heavy atom. The molecule has 0 saturated heterocycles. The summed E-state index contributed by atoms with van der Waals surface area (Å²) in [7, 11) is 0. The molecule has 6 aromatic rings. The van der Waals surface area contributed by atoms with Gasteiger partial charge in [-0.2, -0.15) is 0 Å². The van der Waals surface area contributed by atoms with Gasteiger partial charge in [0.05, 0.1) is 0 Å². The van der Waals surface area contributed by atoms with Crippen LogP contribution in [-0.2, 0) is 38.5 Å². The van der Waals surface area contributed by atoms with Crippen molar-refractivity contribution in [3.63, 3.8) is 0 Å². The molecule has 0 N–H and O–H groups in total. The molecule has 0 amide bonds. The predicted octanol–water partition coefficient (Wildman–Crippen LogP) is 23.8. The minimum absolute atomic E-state index is 0.884. The lowest BCUT2D eigenvalue weighted by molar-refractivity contribution is 0.626. The first-order valence-electron chi connectivity index (χ1n) is 28.6. The van der Waals surface area contributed by atoms with E-state index in [4.69, 9.17) is 0 Å². The van der Waals surface area contributed by atoms with E-state index < -0.39 is 0 Å². The van der Waals surface area contributed by atoms with Crippen molar-refractivity contribution in [2.24, 2.45) is 11.8 Å². The van der Waals surface area contributed by atoms with Crippen LogP contribution in [0.1, 0.15) is 212 Å². The molecular formula is C70H120. The van der Waals surface area contributed by atoms with E-state index in [0.717, 1.165) is 50.4 Å². The smallest absolute Gasteiger partial charge is 0.0238 e. The highest BCUT2D eigenvalue weighted by Gasteiger charge is 1.95. The topological polar surface area (TPSA) is 0 Å². The summed E-state index contributed by atoms with van der Waals surface area (Å²) in [6.07, 6.45) is 9.39. The Morgan fingerprint density at radius 2 is 0.286 bits per heavy atom. The molecule has 0 aliphatic rings. The molecule has 0 fully saturated rings. The molecule has 6 aromatic carbocycles. The van der Waals surface area contributed by atoms with Gasteiger partial charge in [0.15, 0.2) is 0 Å². The highest BCUT2D eigenvalue weighted by Crippen LogP contribution is 2.09. The molecule has 0 atom stereocenters. The van der Waals surface area contributed by atoms with Crippen LogP contribution in [0.25, 0.3) is 0 Å². The van der Waals surface area contributed by atoms with Gasteiger partial charge in [0.2, 0.25) is 0 Å². The average molecular weight is 962 g/mol. The van der Waals surface area contributed by atoms with Gasteiger partial charge in [0.25, 0.3) is 0 Å². The standard InChI is InChI=1S/3C14H14.2C5H12.9C2H6/c3*1-3-7-13(8-4-1)11-12-14-9-5-2-6-10-14;2*1-4-5(2)3;9*1-2/h3*1-10H,11-12H2;2*5H,4H2,1-3H3;9*1-2H3. The summed E-state index contributed by atoms with van der Waals surface area (Å²) < 4.78 is 0. The van der Waals surface area contributed by atoms with Gasteiger partial charge in [0, 0.05) is 0 Å². The number of hydrogen-bond donors (Lipinski definition) is 0. The Labute approximate surface area is 442 Å². The predicted molar refractivity (Wildman–Crippen MR) is 333 cm³/mol. The van der Waals surface area contributed by atoms with E-state index in [-0.39, 0.29) is 0 Å². The van der Waals surface area contributed by atoms with Crippen LogP contribution in [0, 0.1) is 11.8 Å². The highest BCUT2D eigenvalue weighted by atomic mass is 14.0. The van der Waals surface area contributed by atoms with Gasteiger partial charge in [-0.3, -0.25) is 0 Å². The van der Waals surface area contributed by atoms with Crippen molar-refractivity contribution in [3.05, 3.63) is 215 Å². The largest absolute Gasteiger partial charge is 0.0683 e. The second-order valence-corrected chi connectivity index (χ2v) is 14.0. The highest BCUT2D eigenvalue weighted by molar-refractivity contribution is 5.22. The summed E-state index contributed by atoms with van der Waals surface area (Å²) in [5.74, 6) is 1.77. The van der Waals surface area contributed by atoms with Crippen molar-refractivity contribution >= 4 is 0 Å². The molecule has 400 valence electrons. The first-order valence-corrected chi connectivity index (χ1v) is 28.6. The SMILES string of the molecule is CC.CC.CC.CC.CC.CC.CC.CC.CC.CCC(C)C.CCC(C)C.c1ccc(CCc2ccccc2)cc1.c1ccc(CCc2ccccc2)cc1.c1ccc(CCc2ccccc2)cc1. The quantitative estimate of drug-likeness (QED) is 0.121. The van der Waals surface area contributed by atoms with Gasteiger partial charge >= 0.3 is 0 Å². The zero-order valence-corrected chi connectivity index (χ0v) is 51.1. The zero-order valence-electron chi connectivity index (χ0n) is 51.1. The van der Waals surface area contributed by atoms with Crippen LogP contribution in [0.5, 0.6) is 0 Å². The second-order valence-electron chi connectivity index (χ2n) is 14.0. The summed E-state index contributed by atoms with van der Waals surface area (Å²) in [6.45, 7) is 49.3. The zero-order chi connectivity index (χ0) is 55.5. The van der Waals surface area contributed by atoms with E-state index in [1.165, 1.54) is 46.2 Å². The van der Waals surface area contributed by atoms with E-state index in [1.807, 2.05) is 125 Å². The van der Waals surface area contributed by atoms with Gasteiger partial charge < -0.3 is 0 Å². The fourth-order valence-corrected chi connectivity index (χ4v) is 4.73. The van der Waals surface area contributed by atoms with Crippen LogP contribution in [0.15, 0.2) is 182 Å². The third-order valence-corrected chi connectivity index (χ3v) is 8.80. The van der Waals surface area contributed by atoms with Crippen molar-refractivity contribution in [1.82, 2.24) is 0 Å². The van der Waals surface area contributed by atoms with E-state index in [1.54, 1.807) is 0 Å². The van der Waals surface area contributed by atoms with Crippen molar-refractivity contribution in [3.8, 4) is 0 Å². The van der Waals surface area contributed by atoms with Crippen LogP contribution in [-0.4, -0.2) is 0 Å². The van der Waals surface area contributed by atoms with Crippen LogP contribution in [0.4, 0.5) is 0 Å². The van der Waals surface area contributed by atoms with Crippen LogP contribution in [0.2, 0.25) is 0 Å². The lowest BCUT2D eigenvalue weighted by Crippen LogP contribution is -1.89. The normalized spacial score (nSPS) is 8.14. The molecule has 0 unspecified atom stereocenters. The molecule has 0 radical (unpaired) electrons. The van der Waals surface area contributed by atoms with Crippen LogP contribution in [0.3, 0.4) is 0 Å². The molecule has 0 saturated carbocycles. The molecule has 0 bridgehead atoms. The Balaban J connectivity index is -0.000000109. The molecule has 0 heterocycles. The van der Waals surface area contributed by atoms with Crippen molar-refractivity contribution in [2.75, 3.05) is 0 Å². The maximum atomic E-state index is 2.22. The third-order valence-electron chi connectivity index (χ3n) is 8.80. The van der Waals surface area contributed by atoms with Crippen molar-refractivity contribution in [2.45, 2.75) is 218 Å². The first-order chi connectivity index (χ1) is 34.4. The van der Waals surface area contributed by atoms with E-state index >= 15 is 0 Å². The molecular weight excluding hydrogens is 841 g/mol. The van der Waals surface area contributed by atoms with Gasteiger partial charge in [-0.25, -0.2) is 0 Å². The lowest BCUT2D eigenvalue weighted by Gasteiger charge is -2.01. The summed E-state index contributed by atoms with van der Waals surface area (Å²) in [6, 6.07) is 63.7. The first kappa shape index (κ1) is 82.2. The number of hydrogen-bond acceptors (Lipinski definition) is 0. The summed E-state index contributed by atoms with van der Waals surface area (Å²) in [5.41, 5.74) is 8.48. The molecule has 6 rings (SSSR count). The number of aryl methyl sites for hydroxylation is 6. The summed E-state index contributed by atoms with van der Waals surface area (Å²) in [5, 5.41) is 0. The van der Waals surface area contributed by atoms with E-state index in [2.05, 4.69) is 224 Å². The fraction of sp³-hybridized carbons (Fsp3) is 0.486. The van der Waals surface area contributed by atoms with E-state index in [0.29, 0.717) is 0 Å². The monoisotopic (exact) mass is 961 g/mol.